The maximum Gasteiger partial charge on any atom is 0.230 e. The quantitative estimate of drug-likeness (QED) is 0.470. The molecule has 0 aromatic heterocycles. The predicted octanol–water partition coefficient (Wildman–Crippen LogP) is 2.54. The smallest absolute Gasteiger partial charge is 0.230 e. The van der Waals surface area contributed by atoms with Gasteiger partial charge in [0, 0.05) is 6.54 Å². The lowest BCUT2D eigenvalue weighted by molar-refractivity contribution is -0.127. The van der Waals surface area contributed by atoms with Crippen molar-refractivity contribution in [3.63, 3.8) is 0 Å². The van der Waals surface area contributed by atoms with E-state index in [1.165, 1.54) is 38.5 Å². The van der Waals surface area contributed by atoms with E-state index in [-0.39, 0.29) is 18.1 Å². The summed E-state index contributed by atoms with van der Waals surface area (Å²) in [5.74, 6) is 0.101. The van der Waals surface area contributed by atoms with Gasteiger partial charge in [0.15, 0.2) is 5.78 Å². The molecule has 0 aromatic rings. The normalized spacial score (nSPS) is 16.2. The summed E-state index contributed by atoms with van der Waals surface area (Å²) in [6.07, 6.45) is 8.88. The van der Waals surface area contributed by atoms with Crippen LogP contribution < -0.4 is 0 Å². The predicted molar refractivity (Wildman–Crippen MR) is 64.2 cm³/mol. The number of rotatable bonds is 8. The average molecular weight is 225 g/mol. The fourth-order valence-electron chi connectivity index (χ4n) is 2.10. The molecule has 0 aromatic carbocycles. The van der Waals surface area contributed by atoms with Gasteiger partial charge >= 0.3 is 0 Å². The van der Waals surface area contributed by atoms with E-state index in [1.54, 1.807) is 4.90 Å². The van der Waals surface area contributed by atoms with Gasteiger partial charge in [-0.15, -0.1) is 0 Å². The number of likely N-dealkylation sites (tertiary alicyclic amines) is 1. The number of carbonyl (C=O) groups is 2. The Morgan fingerprint density at radius 1 is 1.00 bits per heavy atom. The van der Waals surface area contributed by atoms with Crippen molar-refractivity contribution in [1.29, 1.82) is 0 Å². The fraction of sp³-hybridized carbons (Fsp3) is 0.846. The Labute approximate surface area is 98.2 Å². The van der Waals surface area contributed by atoms with E-state index >= 15 is 0 Å². The summed E-state index contributed by atoms with van der Waals surface area (Å²) in [7, 11) is 0. The Balaban J connectivity index is 1.95. The van der Waals surface area contributed by atoms with E-state index in [0.717, 1.165) is 13.0 Å². The van der Waals surface area contributed by atoms with Gasteiger partial charge in [0.2, 0.25) is 5.91 Å². The van der Waals surface area contributed by atoms with Crippen molar-refractivity contribution in [3.05, 3.63) is 0 Å². The summed E-state index contributed by atoms with van der Waals surface area (Å²) in [4.78, 5) is 24.0. The van der Waals surface area contributed by atoms with Crippen LogP contribution in [0.2, 0.25) is 0 Å². The molecule has 0 bridgehead atoms. The van der Waals surface area contributed by atoms with Crippen molar-refractivity contribution in [3.8, 4) is 0 Å². The van der Waals surface area contributed by atoms with Crippen molar-refractivity contribution >= 4 is 11.7 Å². The van der Waals surface area contributed by atoms with Crippen molar-refractivity contribution in [2.75, 3.05) is 13.1 Å². The van der Waals surface area contributed by atoms with Crippen molar-refractivity contribution in [2.45, 2.75) is 58.3 Å². The van der Waals surface area contributed by atoms with E-state index < -0.39 is 0 Å². The Bertz CT molecular complexity index is 238. The Morgan fingerprint density at radius 2 is 1.62 bits per heavy atom. The van der Waals surface area contributed by atoms with Gasteiger partial charge in [0.1, 0.15) is 0 Å². The number of unbranched alkanes of at least 4 members (excludes halogenated alkanes) is 6. The Morgan fingerprint density at radius 3 is 2.19 bits per heavy atom. The number of Topliss-reactive ketones (excluding diaryl/α,β-unsaturated/α-hetero) is 1. The van der Waals surface area contributed by atoms with Crippen LogP contribution in [-0.4, -0.2) is 29.7 Å². The van der Waals surface area contributed by atoms with E-state index in [4.69, 9.17) is 0 Å². The largest absolute Gasteiger partial charge is 0.335 e. The van der Waals surface area contributed by atoms with Gasteiger partial charge in [0.05, 0.1) is 13.0 Å². The minimum Gasteiger partial charge on any atom is -0.335 e. The maximum atomic E-state index is 11.3. The third kappa shape index (κ3) is 4.77. The molecule has 0 N–H and O–H groups in total. The summed E-state index contributed by atoms with van der Waals surface area (Å²) in [5, 5.41) is 0. The molecule has 1 heterocycles. The lowest BCUT2D eigenvalue weighted by Crippen LogP contribution is -2.26. The number of ketones is 1. The lowest BCUT2D eigenvalue weighted by atomic mass is 10.1. The van der Waals surface area contributed by atoms with E-state index in [1.807, 2.05) is 0 Å². The summed E-state index contributed by atoms with van der Waals surface area (Å²) in [5.41, 5.74) is 0. The minimum atomic E-state index is 0.0241. The first-order valence-corrected chi connectivity index (χ1v) is 6.53. The average Bonchev–Trinajstić information content (AvgIpc) is 2.56. The van der Waals surface area contributed by atoms with E-state index in [0.29, 0.717) is 6.54 Å². The van der Waals surface area contributed by atoms with Crippen molar-refractivity contribution in [2.24, 2.45) is 0 Å². The van der Waals surface area contributed by atoms with E-state index in [2.05, 4.69) is 6.92 Å². The van der Waals surface area contributed by atoms with Crippen LogP contribution in [0.3, 0.4) is 0 Å². The highest BCUT2D eigenvalue weighted by Crippen LogP contribution is 2.10. The topological polar surface area (TPSA) is 37.4 Å². The van der Waals surface area contributed by atoms with Crippen LogP contribution in [0.1, 0.15) is 58.3 Å². The minimum absolute atomic E-state index is 0.0241. The molecule has 0 saturated carbocycles. The van der Waals surface area contributed by atoms with Gasteiger partial charge in [-0.3, -0.25) is 9.59 Å². The first kappa shape index (κ1) is 13.2. The monoisotopic (exact) mass is 225 g/mol. The second-order valence-electron chi connectivity index (χ2n) is 4.65. The van der Waals surface area contributed by atoms with Gasteiger partial charge in [-0.1, -0.05) is 45.4 Å². The highest BCUT2D eigenvalue weighted by atomic mass is 16.2. The highest BCUT2D eigenvalue weighted by molar-refractivity contribution is 6.05. The van der Waals surface area contributed by atoms with Crippen LogP contribution in [-0.2, 0) is 9.59 Å². The van der Waals surface area contributed by atoms with Crippen molar-refractivity contribution < 1.29 is 9.59 Å². The lowest BCUT2D eigenvalue weighted by Gasteiger charge is -2.13. The number of nitrogens with zero attached hydrogens (tertiary/aromatic N) is 1. The summed E-state index contributed by atoms with van der Waals surface area (Å²) in [6.45, 7) is 3.35. The van der Waals surface area contributed by atoms with Gasteiger partial charge < -0.3 is 4.90 Å². The second-order valence-corrected chi connectivity index (χ2v) is 4.65. The Kier molecular flexibility index (Phi) is 6.12. The zero-order valence-electron chi connectivity index (χ0n) is 10.3. The maximum absolute atomic E-state index is 11.3. The van der Waals surface area contributed by atoms with Crippen LogP contribution in [0.25, 0.3) is 0 Å². The summed E-state index contributed by atoms with van der Waals surface area (Å²) in [6, 6.07) is 0. The molecule has 3 heteroatoms. The zero-order valence-corrected chi connectivity index (χ0v) is 10.3. The highest BCUT2D eigenvalue weighted by Gasteiger charge is 2.26. The van der Waals surface area contributed by atoms with Crippen LogP contribution in [0.5, 0.6) is 0 Å². The van der Waals surface area contributed by atoms with Crippen LogP contribution in [0, 0.1) is 0 Å². The van der Waals surface area contributed by atoms with Gasteiger partial charge in [0.25, 0.3) is 0 Å². The summed E-state index contributed by atoms with van der Waals surface area (Å²) >= 11 is 0. The third-order valence-electron chi connectivity index (χ3n) is 3.10. The molecule has 0 unspecified atom stereocenters. The molecular weight excluding hydrogens is 202 g/mol. The molecule has 3 nitrogen and oxygen atoms in total. The number of carbonyl (C=O) groups excluding carboxylic acids is 2. The molecule has 1 rings (SSSR count). The molecule has 1 fully saturated rings. The molecule has 1 aliphatic rings. The van der Waals surface area contributed by atoms with Gasteiger partial charge in [-0.05, 0) is 6.42 Å². The first-order valence-electron chi connectivity index (χ1n) is 6.53. The standard InChI is InChI=1S/C13H23NO2/c1-2-3-4-5-6-7-8-9-14-11-12(15)10-13(14)16/h2-11H2,1H3. The van der Waals surface area contributed by atoms with Crippen LogP contribution >= 0.6 is 0 Å². The number of hydrogen-bond donors (Lipinski definition) is 0. The number of hydrogen-bond acceptors (Lipinski definition) is 2. The van der Waals surface area contributed by atoms with Gasteiger partial charge in [-0.2, -0.15) is 0 Å². The zero-order chi connectivity index (χ0) is 11.8. The molecule has 0 radical (unpaired) electrons. The molecule has 92 valence electrons. The van der Waals surface area contributed by atoms with Crippen LogP contribution in [0.4, 0.5) is 0 Å². The molecule has 1 amide bonds. The molecule has 0 atom stereocenters. The molecule has 1 saturated heterocycles. The van der Waals surface area contributed by atoms with Crippen molar-refractivity contribution in [1.82, 2.24) is 4.90 Å². The molecule has 16 heavy (non-hydrogen) atoms. The SMILES string of the molecule is CCCCCCCCCN1CC(=O)CC1=O. The van der Waals surface area contributed by atoms with E-state index in [9.17, 15) is 9.59 Å². The fourth-order valence-corrected chi connectivity index (χ4v) is 2.10. The molecule has 0 spiro atoms. The molecule has 1 aliphatic heterocycles. The summed E-state index contributed by atoms with van der Waals surface area (Å²) < 4.78 is 0. The third-order valence-corrected chi connectivity index (χ3v) is 3.10. The Hall–Kier alpha value is -0.860. The molecular formula is C13H23NO2. The number of amides is 1. The van der Waals surface area contributed by atoms with Crippen LogP contribution in [0.15, 0.2) is 0 Å². The molecule has 0 aliphatic carbocycles. The van der Waals surface area contributed by atoms with Gasteiger partial charge in [-0.25, -0.2) is 0 Å². The first-order chi connectivity index (χ1) is 7.74. The second kappa shape index (κ2) is 7.42.